The molecule has 1 aliphatic carbocycles. The minimum absolute atomic E-state index is 0.0600. The minimum Gasteiger partial charge on any atom is -0.462 e. The van der Waals surface area contributed by atoms with E-state index in [0.717, 1.165) is 0 Å². The van der Waals surface area contributed by atoms with Crippen LogP contribution in [-0.2, 0) is 29.3 Å². The number of rotatable bonds is 2. The number of para-hydroxylation sites is 1. The Labute approximate surface area is 149 Å². The third-order valence-corrected chi connectivity index (χ3v) is 5.04. The molecule has 3 N–H and O–H groups in total. The summed E-state index contributed by atoms with van der Waals surface area (Å²) in [5.41, 5.74) is 6.14. The van der Waals surface area contributed by atoms with Crippen molar-refractivity contribution in [3.05, 3.63) is 52.6 Å². The molecule has 1 aromatic carbocycles. The fraction of sp³-hybridized carbons (Fsp3) is 0.316. The van der Waals surface area contributed by atoms with E-state index in [1.165, 1.54) is 0 Å². The van der Waals surface area contributed by atoms with Gasteiger partial charge in [0.15, 0.2) is 11.5 Å². The summed E-state index contributed by atoms with van der Waals surface area (Å²) in [5.74, 6) is -1.54. The number of benzene rings is 1. The van der Waals surface area contributed by atoms with Crippen LogP contribution in [0.25, 0.3) is 0 Å². The van der Waals surface area contributed by atoms with Crippen molar-refractivity contribution in [2.24, 2.45) is 5.73 Å². The largest absolute Gasteiger partial charge is 0.462 e. The molecule has 1 atom stereocenters. The number of fused-ring (bicyclic) bond motifs is 3. The standard InChI is InChI=1S/C19H18N2O5/c1-2-25-17(23)14-16(20)26-15-11(7-5-9-13(15)22)19(14)10-6-3-4-8-12(10)21-18(19)24/h3-4,6,8H,2,5,7,9,20H2,1H3,(H,21,24)/t19-/m0/s1. The number of anilines is 1. The molecule has 7 heteroatoms. The summed E-state index contributed by atoms with van der Waals surface area (Å²) in [6, 6.07) is 7.08. The fourth-order valence-electron chi connectivity index (χ4n) is 4.06. The second-order valence-corrected chi connectivity index (χ2v) is 6.40. The summed E-state index contributed by atoms with van der Waals surface area (Å²) in [5, 5.41) is 2.82. The lowest BCUT2D eigenvalue weighted by Crippen LogP contribution is -2.47. The Balaban J connectivity index is 2.06. The van der Waals surface area contributed by atoms with Crippen LogP contribution in [-0.4, -0.2) is 24.3 Å². The van der Waals surface area contributed by atoms with E-state index in [0.29, 0.717) is 36.1 Å². The first-order chi connectivity index (χ1) is 12.5. The van der Waals surface area contributed by atoms with Crippen molar-refractivity contribution in [3.8, 4) is 0 Å². The van der Waals surface area contributed by atoms with E-state index >= 15 is 0 Å². The summed E-state index contributed by atoms with van der Waals surface area (Å²) in [4.78, 5) is 38.4. The first-order valence-electron chi connectivity index (χ1n) is 8.54. The highest BCUT2D eigenvalue weighted by molar-refractivity contribution is 6.18. The SMILES string of the molecule is CCOC(=O)C1=C(N)OC2=C(CCCC2=O)[C@]12C(=O)Nc1ccccc12. The molecule has 26 heavy (non-hydrogen) atoms. The van der Waals surface area contributed by atoms with Crippen molar-refractivity contribution in [1.29, 1.82) is 0 Å². The number of nitrogens with two attached hydrogens (primary N) is 1. The van der Waals surface area contributed by atoms with E-state index < -0.39 is 17.3 Å². The lowest BCUT2D eigenvalue weighted by molar-refractivity contribution is -0.141. The number of Topliss-reactive ketones (excluding diaryl/α,β-unsaturated/α-hetero) is 1. The van der Waals surface area contributed by atoms with Gasteiger partial charge >= 0.3 is 5.97 Å². The van der Waals surface area contributed by atoms with Gasteiger partial charge in [-0.3, -0.25) is 9.59 Å². The van der Waals surface area contributed by atoms with Gasteiger partial charge in [-0.1, -0.05) is 18.2 Å². The van der Waals surface area contributed by atoms with Crippen molar-refractivity contribution in [2.45, 2.75) is 31.6 Å². The number of allylic oxidation sites excluding steroid dienone is 1. The Morgan fingerprint density at radius 3 is 2.85 bits per heavy atom. The van der Waals surface area contributed by atoms with Crippen molar-refractivity contribution in [3.63, 3.8) is 0 Å². The van der Waals surface area contributed by atoms with E-state index in [9.17, 15) is 14.4 Å². The Hall–Kier alpha value is -3.09. The van der Waals surface area contributed by atoms with Crippen molar-refractivity contribution in [1.82, 2.24) is 0 Å². The second kappa shape index (κ2) is 5.72. The Morgan fingerprint density at radius 2 is 2.08 bits per heavy atom. The van der Waals surface area contributed by atoms with Gasteiger partial charge in [-0.05, 0) is 25.8 Å². The number of carbonyl (C=O) groups is 3. The summed E-state index contributed by atoms with van der Waals surface area (Å²) in [7, 11) is 0. The van der Waals surface area contributed by atoms with Gasteiger partial charge in [0.2, 0.25) is 11.8 Å². The van der Waals surface area contributed by atoms with Gasteiger partial charge in [0, 0.05) is 23.2 Å². The number of carbonyl (C=O) groups excluding carboxylic acids is 3. The number of esters is 1. The molecule has 7 nitrogen and oxygen atoms in total. The minimum atomic E-state index is -1.49. The number of nitrogens with one attached hydrogen (secondary N) is 1. The molecule has 1 aromatic rings. The van der Waals surface area contributed by atoms with Crippen molar-refractivity contribution < 1.29 is 23.9 Å². The highest BCUT2D eigenvalue weighted by Gasteiger charge is 2.60. The number of hydrogen-bond donors (Lipinski definition) is 2. The quantitative estimate of drug-likeness (QED) is 0.782. The molecule has 0 unspecified atom stereocenters. The summed E-state index contributed by atoms with van der Waals surface area (Å²) < 4.78 is 10.7. The van der Waals surface area contributed by atoms with Crippen LogP contribution < -0.4 is 11.1 Å². The zero-order valence-electron chi connectivity index (χ0n) is 14.3. The van der Waals surface area contributed by atoms with Crippen LogP contribution in [0.1, 0.15) is 31.7 Å². The molecule has 0 fully saturated rings. The Bertz CT molecular complexity index is 914. The van der Waals surface area contributed by atoms with Crippen LogP contribution >= 0.6 is 0 Å². The maximum atomic E-state index is 13.2. The summed E-state index contributed by atoms with van der Waals surface area (Å²) in [6.45, 7) is 1.79. The zero-order chi connectivity index (χ0) is 18.5. The molecule has 2 heterocycles. The predicted molar refractivity (Wildman–Crippen MR) is 91.6 cm³/mol. The van der Waals surface area contributed by atoms with E-state index in [1.807, 2.05) is 0 Å². The van der Waals surface area contributed by atoms with Gasteiger partial charge < -0.3 is 20.5 Å². The van der Waals surface area contributed by atoms with Gasteiger partial charge in [-0.2, -0.15) is 0 Å². The van der Waals surface area contributed by atoms with Crippen LogP contribution in [0.4, 0.5) is 5.69 Å². The maximum absolute atomic E-state index is 13.2. The molecule has 134 valence electrons. The molecule has 0 radical (unpaired) electrons. The average molecular weight is 354 g/mol. The van der Waals surface area contributed by atoms with Gasteiger partial charge in [0.05, 0.1) is 6.61 Å². The van der Waals surface area contributed by atoms with Crippen LogP contribution in [0.3, 0.4) is 0 Å². The first-order valence-corrected chi connectivity index (χ1v) is 8.54. The lowest BCUT2D eigenvalue weighted by atomic mass is 9.65. The predicted octanol–water partition coefficient (Wildman–Crippen LogP) is 1.65. The normalized spacial score (nSPS) is 24.2. The molecule has 0 saturated heterocycles. The smallest absolute Gasteiger partial charge is 0.341 e. The second-order valence-electron chi connectivity index (χ2n) is 6.40. The maximum Gasteiger partial charge on any atom is 0.341 e. The molecule has 1 amide bonds. The van der Waals surface area contributed by atoms with Crippen LogP contribution in [0.15, 0.2) is 47.1 Å². The topological polar surface area (TPSA) is 108 Å². The molecule has 1 spiro atoms. The van der Waals surface area contributed by atoms with Gasteiger partial charge in [-0.25, -0.2) is 4.79 Å². The lowest BCUT2D eigenvalue weighted by Gasteiger charge is -2.38. The molecular weight excluding hydrogens is 336 g/mol. The Morgan fingerprint density at radius 1 is 1.31 bits per heavy atom. The van der Waals surface area contributed by atoms with Crippen LogP contribution in [0.5, 0.6) is 0 Å². The van der Waals surface area contributed by atoms with E-state index in [2.05, 4.69) is 5.32 Å². The third-order valence-electron chi connectivity index (χ3n) is 5.04. The summed E-state index contributed by atoms with van der Waals surface area (Å²) in [6.07, 6.45) is 1.35. The average Bonchev–Trinajstić information content (AvgIpc) is 2.89. The number of ketones is 1. The molecule has 3 aliphatic rings. The highest BCUT2D eigenvalue weighted by Crippen LogP contribution is 2.54. The van der Waals surface area contributed by atoms with Crippen molar-refractivity contribution >= 4 is 23.3 Å². The molecule has 2 aliphatic heterocycles. The van der Waals surface area contributed by atoms with E-state index in [4.69, 9.17) is 15.2 Å². The van der Waals surface area contributed by atoms with Gasteiger partial charge in [0.1, 0.15) is 11.0 Å². The third kappa shape index (κ3) is 1.97. The fourth-order valence-corrected chi connectivity index (χ4v) is 4.06. The van der Waals surface area contributed by atoms with Crippen LogP contribution in [0.2, 0.25) is 0 Å². The van der Waals surface area contributed by atoms with Gasteiger partial charge in [0.25, 0.3) is 0 Å². The van der Waals surface area contributed by atoms with Gasteiger partial charge in [-0.15, -0.1) is 0 Å². The molecular formula is C19H18N2O5. The first kappa shape index (κ1) is 16.4. The molecule has 0 aromatic heterocycles. The van der Waals surface area contributed by atoms with E-state index in [-0.39, 0.29) is 29.6 Å². The highest BCUT2D eigenvalue weighted by atomic mass is 16.5. The molecule has 0 bridgehead atoms. The van der Waals surface area contributed by atoms with Crippen LogP contribution in [0, 0.1) is 0 Å². The zero-order valence-corrected chi connectivity index (χ0v) is 14.3. The van der Waals surface area contributed by atoms with Crippen molar-refractivity contribution in [2.75, 3.05) is 11.9 Å². The number of hydrogen-bond acceptors (Lipinski definition) is 6. The molecule has 4 rings (SSSR count). The number of ether oxygens (including phenoxy) is 2. The number of amides is 1. The summed E-state index contributed by atoms with van der Waals surface area (Å²) >= 11 is 0. The molecule has 0 saturated carbocycles. The monoisotopic (exact) mass is 354 g/mol. The van der Waals surface area contributed by atoms with E-state index in [1.54, 1.807) is 31.2 Å². The Kier molecular flexibility index (Phi) is 3.61.